The lowest BCUT2D eigenvalue weighted by molar-refractivity contribution is -0.115. The number of anilines is 1. The molecule has 2 heterocycles. The van der Waals surface area contributed by atoms with Crippen LogP contribution in [-0.2, 0) is 4.79 Å². The topological polar surface area (TPSA) is 83.6 Å². The Bertz CT molecular complexity index is 823. The first-order valence-corrected chi connectivity index (χ1v) is 7.41. The van der Waals surface area contributed by atoms with E-state index in [1.54, 1.807) is 25.4 Å². The minimum absolute atomic E-state index is 0.117. The predicted molar refractivity (Wildman–Crippen MR) is 88.7 cm³/mol. The van der Waals surface area contributed by atoms with Crippen molar-refractivity contribution in [2.75, 3.05) is 5.32 Å². The van der Waals surface area contributed by atoms with Crippen molar-refractivity contribution in [3.8, 4) is 22.5 Å². The molecule has 0 unspecified atom stereocenters. The van der Waals surface area contributed by atoms with E-state index in [0.29, 0.717) is 18.1 Å². The van der Waals surface area contributed by atoms with Gasteiger partial charge in [0.1, 0.15) is 0 Å². The summed E-state index contributed by atoms with van der Waals surface area (Å²) in [6.07, 6.45) is 3.73. The van der Waals surface area contributed by atoms with E-state index >= 15 is 0 Å². The Kier molecular flexibility index (Phi) is 4.14. The lowest BCUT2D eigenvalue weighted by atomic mass is 10.0. The Hall–Kier alpha value is -3.02. The highest BCUT2D eigenvalue weighted by atomic mass is 16.1. The second-order valence-corrected chi connectivity index (χ2v) is 5.19. The zero-order valence-corrected chi connectivity index (χ0v) is 13.0. The number of hydrogen-bond acceptors (Lipinski definition) is 4. The van der Waals surface area contributed by atoms with Crippen molar-refractivity contribution in [1.29, 1.82) is 0 Å². The number of nitrogens with zero attached hydrogens (tertiary/aromatic N) is 3. The molecule has 1 amide bonds. The quantitative estimate of drug-likeness (QED) is 0.775. The van der Waals surface area contributed by atoms with Crippen molar-refractivity contribution < 1.29 is 4.79 Å². The Morgan fingerprint density at radius 3 is 2.74 bits per heavy atom. The number of aromatic nitrogens is 4. The number of carbonyl (C=O) groups is 1. The van der Waals surface area contributed by atoms with Gasteiger partial charge in [-0.15, -0.1) is 0 Å². The molecule has 0 aliphatic carbocycles. The van der Waals surface area contributed by atoms with Crippen LogP contribution in [0.2, 0.25) is 0 Å². The van der Waals surface area contributed by atoms with E-state index in [4.69, 9.17) is 0 Å². The van der Waals surface area contributed by atoms with Gasteiger partial charge in [-0.25, -0.2) is 9.97 Å². The predicted octanol–water partition coefficient (Wildman–Crippen LogP) is 3.19. The van der Waals surface area contributed by atoms with Gasteiger partial charge >= 0.3 is 0 Å². The minimum Gasteiger partial charge on any atom is -0.295 e. The summed E-state index contributed by atoms with van der Waals surface area (Å²) in [5.41, 5.74) is 4.68. The second-order valence-electron chi connectivity index (χ2n) is 5.19. The fourth-order valence-corrected chi connectivity index (χ4v) is 2.20. The molecular weight excluding hydrogens is 290 g/mol. The molecule has 0 bridgehead atoms. The summed E-state index contributed by atoms with van der Waals surface area (Å²) in [6, 6.07) is 9.96. The maximum Gasteiger partial charge on any atom is 0.229 e. The summed E-state index contributed by atoms with van der Waals surface area (Å²) in [5.74, 6) is 0.179. The Balaban J connectivity index is 1.97. The Morgan fingerprint density at radius 2 is 2.00 bits per heavy atom. The van der Waals surface area contributed by atoms with Crippen LogP contribution in [-0.4, -0.2) is 26.1 Å². The minimum atomic E-state index is -0.117. The monoisotopic (exact) mass is 307 g/mol. The Labute approximate surface area is 134 Å². The molecule has 23 heavy (non-hydrogen) atoms. The van der Waals surface area contributed by atoms with Gasteiger partial charge < -0.3 is 0 Å². The molecule has 0 saturated carbocycles. The van der Waals surface area contributed by atoms with Crippen LogP contribution in [0, 0.1) is 6.92 Å². The SMILES string of the molecule is CCC(=O)Nc1nccc(-c2cn[nH]c2-c2ccc(C)cc2)n1. The highest BCUT2D eigenvalue weighted by molar-refractivity contribution is 5.89. The zero-order chi connectivity index (χ0) is 16.2. The van der Waals surface area contributed by atoms with Crippen molar-refractivity contribution in [1.82, 2.24) is 20.2 Å². The summed E-state index contributed by atoms with van der Waals surface area (Å²) in [4.78, 5) is 20.0. The molecular formula is C17H17N5O. The first-order chi connectivity index (χ1) is 11.2. The van der Waals surface area contributed by atoms with Crippen LogP contribution < -0.4 is 5.32 Å². The van der Waals surface area contributed by atoms with E-state index in [9.17, 15) is 4.79 Å². The smallest absolute Gasteiger partial charge is 0.229 e. The Morgan fingerprint density at radius 1 is 1.22 bits per heavy atom. The van der Waals surface area contributed by atoms with Gasteiger partial charge in [-0.05, 0) is 13.0 Å². The van der Waals surface area contributed by atoms with Gasteiger partial charge in [0, 0.05) is 23.7 Å². The van der Waals surface area contributed by atoms with Gasteiger partial charge in [-0.1, -0.05) is 36.8 Å². The van der Waals surface area contributed by atoms with Crippen molar-refractivity contribution >= 4 is 11.9 Å². The first kappa shape index (κ1) is 14.9. The van der Waals surface area contributed by atoms with E-state index in [-0.39, 0.29) is 5.91 Å². The van der Waals surface area contributed by atoms with Gasteiger partial charge in [-0.2, -0.15) is 5.10 Å². The van der Waals surface area contributed by atoms with E-state index in [1.165, 1.54) is 5.56 Å². The number of hydrogen-bond donors (Lipinski definition) is 2. The molecule has 0 saturated heterocycles. The van der Waals surface area contributed by atoms with Crippen LogP contribution in [0.3, 0.4) is 0 Å². The third-order valence-electron chi connectivity index (χ3n) is 3.48. The molecule has 0 fully saturated rings. The van der Waals surface area contributed by atoms with Gasteiger partial charge in [-0.3, -0.25) is 15.2 Å². The summed E-state index contributed by atoms with van der Waals surface area (Å²) in [5, 5.41) is 9.81. The largest absolute Gasteiger partial charge is 0.295 e. The number of benzene rings is 1. The molecule has 0 aliphatic rings. The lowest BCUT2D eigenvalue weighted by Crippen LogP contribution is -2.12. The summed E-state index contributed by atoms with van der Waals surface area (Å²) >= 11 is 0. The van der Waals surface area contributed by atoms with Crippen LogP contribution in [0.4, 0.5) is 5.95 Å². The number of amides is 1. The average molecular weight is 307 g/mol. The molecule has 0 aliphatic heterocycles. The van der Waals surface area contributed by atoms with Crippen LogP contribution >= 0.6 is 0 Å². The number of aromatic amines is 1. The summed E-state index contributed by atoms with van der Waals surface area (Å²) < 4.78 is 0. The molecule has 2 aromatic heterocycles. The normalized spacial score (nSPS) is 10.5. The molecule has 2 N–H and O–H groups in total. The van der Waals surface area contributed by atoms with Crippen LogP contribution in [0.15, 0.2) is 42.7 Å². The fraction of sp³-hybridized carbons (Fsp3) is 0.176. The summed E-state index contributed by atoms with van der Waals surface area (Å²) in [6.45, 7) is 3.83. The maximum absolute atomic E-state index is 11.5. The molecule has 0 atom stereocenters. The lowest BCUT2D eigenvalue weighted by Gasteiger charge is -2.06. The van der Waals surface area contributed by atoms with Crippen molar-refractivity contribution in [3.63, 3.8) is 0 Å². The standard InChI is InChI=1S/C17H17N5O/c1-3-15(23)21-17-18-9-8-14(20-17)13-10-19-22-16(13)12-6-4-11(2)5-7-12/h4-10H,3H2,1-2H3,(H,19,22)(H,18,20,21,23). The van der Waals surface area contributed by atoms with Gasteiger partial charge in [0.2, 0.25) is 11.9 Å². The highest BCUT2D eigenvalue weighted by Gasteiger charge is 2.12. The van der Waals surface area contributed by atoms with Crippen molar-refractivity contribution in [2.45, 2.75) is 20.3 Å². The van der Waals surface area contributed by atoms with Crippen molar-refractivity contribution in [3.05, 3.63) is 48.3 Å². The third-order valence-corrected chi connectivity index (χ3v) is 3.48. The van der Waals surface area contributed by atoms with E-state index in [1.807, 2.05) is 31.2 Å². The van der Waals surface area contributed by atoms with Crippen LogP contribution in [0.25, 0.3) is 22.5 Å². The van der Waals surface area contributed by atoms with E-state index in [2.05, 4.69) is 25.5 Å². The number of carbonyl (C=O) groups excluding carboxylic acids is 1. The average Bonchev–Trinajstić information content (AvgIpc) is 3.05. The number of rotatable bonds is 4. The van der Waals surface area contributed by atoms with Crippen LogP contribution in [0.1, 0.15) is 18.9 Å². The maximum atomic E-state index is 11.5. The van der Waals surface area contributed by atoms with Gasteiger partial charge in [0.15, 0.2) is 0 Å². The van der Waals surface area contributed by atoms with Gasteiger partial charge in [0.25, 0.3) is 0 Å². The molecule has 0 radical (unpaired) electrons. The van der Waals surface area contributed by atoms with Gasteiger partial charge in [0.05, 0.1) is 17.6 Å². The molecule has 6 heteroatoms. The molecule has 3 rings (SSSR count). The van der Waals surface area contributed by atoms with Crippen molar-refractivity contribution in [2.24, 2.45) is 0 Å². The first-order valence-electron chi connectivity index (χ1n) is 7.41. The highest BCUT2D eigenvalue weighted by Crippen LogP contribution is 2.29. The molecule has 116 valence electrons. The fourth-order valence-electron chi connectivity index (χ4n) is 2.20. The number of aryl methyl sites for hydroxylation is 1. The number of nitrogens with one attached hydrogen (secondary N) is 2. The third kappa shape index (κ3) is 3.26. The van der Waals surface area contributed by atoms with E-state index < -0.39 is 0 Å². The van der Waals surface area contributed by atoms with Crippen LogP contribution in [0.5, 0.6) is 0 Å². The number of H-pyrrole nitrogens is 1. The van der Waals surface area contributed by atoms with E-state index in [0.717, 1.165) is 16.8 Å². The molecule has 0 spiro atoms. The zero-order valence-electron chi connectivity index (χ0n) is 13.0. The summed E-state index contributed by atoms with van der Waals surface area (Å²) in [7, 11) is 0. The molecule has 3 aromatic rings. The molecule has 1 aromatic carbocycles. The molecule has 6 nitrogen and oxygen atoms in total. The second kappa shape index (κ2) is 6.39.